The van der Waals surface area contributed by atoms with Gasteiger partial charge in [-0.15, -0.1) is 0 Å². The molecule has 0 saturated carbocycles. The molecule has 5 heteroatoms. The van der Waals surface area contributed by atoms with Gasteiger partial charge >= 0.3 is 0 Å². The van der Waals surface area contributed by atoms with E-state index in [9.17, 15) is 0 Å². The number of nitrogens with zero attached hydrogens (tertiary/aromatic N) is 1. The van der Waals surface area contributed by atoms with E-state index in [0.29, 0.717) is 16.0 Å². The predicted molar refractivity (Wildman–Crippen MR) is 76.6 cm³/mol. The topological polar surface area (TPSA) is 20.7 Å². The molecule has 0 aliphatic heterocycles. The Labute approximate surface area is 116 Å². The zero-order chi connectivity index (χ0) is 12.6. The number of fused-ring (bicyclic) bond motifs is 1. The molecule has 0 unspecified atom stereocenters. The molecule has 0 amide bonds. The van der Waals surface area contributed by atoms with E-state index in [4.69, 9.17) is 35.4 Å². The fourth-order valence-electron chi connectivity index (χ4n) is 1.76. The molecule has 0 fully saturated rings. The van der Waals surface area contributed by atoms with Crippen molar-refractivity contribution in [2.45, 2.75) is 26.8 Å². The summed E-state index contributed by atoms with van der Waals surface area (Å²) >= 11 is 17.3. The third kappa shape index (κ3) is 2.67. The maximum absolute atomic E-state index is 6.04. The van der Waals surface area contributed by atoms with Crippen molar-refractivity contribution in [3.63, 3.8) is 0 Å². The minimum atomic E-state index is 0.548. The lowest BCUT2D eigenvalue weighted by Gasteiger charge is -2.07. The van der Waals surface area contributed by atoms with E-state index in [1.807, 2.05) is 12.1 Å². The monoisotopic (exact) mass is 288 g/mol. The highest BCUT2D eigenvalue weighted by Crippen LogP contribution is 2.27. The van der Waals surface area contributed by atoms with E-state index < -0.39 is 0 Å². The van der Waals surface area contributed by atoms with Crippen molar-refractivity contribution >= 4 is 46.5 Å². The molecule has 1 aromatic heterocycles. The minimum absolute atomic E-state index is 0.548. The summed E-state index contributed by atoms with van der Waals surface area (Å²) in [5.41, 5.74) is 1.96. The smallest absolute Gasteiger partial charge is 0.178 e. The number of H-pyrrole nitrogens is 1. The Morgan fingerprint density at radius 2 is 1.94 bits per heavy atom. The summed E-state index contributed by atoms with van der Waals surface area (Å²) in [6, 6.07) is 3.69. The van der Waals surface area contributed by atoms with E-state index >= 15 is 0 Å². The lowest BCUT2D eigenvalue weighted by molar-refractivity contribution is 0.520. The van der Waals surface area contributed by atoms with Gasteiger partial charge in [-0.25, -0.2) is 0 Å². The van der Waals surface area contributed by atoms with Gasteiger partial charge in [0.05, 0.1) is 21.1 Å². The maximum Gasteiger partial charge on any atom is 0.178 e. The number of hydrogen-bond donors (Lipinski definition) is 1. The summed E-state index contributed by atoms with van der Waals surface area (Å²) < 4.78 is 2.80. The molecule has 0 bridgehead atoms. The molecule has 0 atom stereocenters. The SMILES string of the molecule is CC(C)CCn1c(=S)[nH]c2cc(Cl)c(Cl)cc21. The molecule has 2 rings (SSSR count). The van der Waals surface area contributed by atoms with Gasteiger partial charge in [0.15, 0.2) is 4.77 Å². The Kier molecular flexibility index (Phi) is 3.81. The van der Waals surface area contributed by atoms with Crippen molar-refractivity contribution in [2.24, 2.45) is 5.92 Å². The van der Waals surface area contributed by atoms with Crippen LogP contribution in [-0.4, -0.2) is 9.55 Å². The van der Waals surface area contributed by atoms with Gasteiger partial charge < -0.3 is 9.55 Å². The maximum atomic E-state index is 6.04. The van der Waals surface area contributed by atoms with Crippen LogP contribution >= 0.6 is 35.4 Å². The molecular weight excluding hydrogens is 275 g/mol. The number of imidazole rings is 1. The van der Waals surface area contributed by atoms with Gasteiger partial charge in [-0.05, 0) is 36.7 Å². The van der Waals surface area contributed by atoms with E-state index in [1.165, 1.54) is 0 Å². The van der Waals surface area contributed by atoms with E-state index in [1.54, 1.807) is 0 Å². The Morgan fingerprint density at radius 3 is 2.59 bits per heavy atom. The van der Waals surface area contributed by atoms with Crippen molar-refractivity contribution < 1.29 is 0 Å². The molecule has 17 heavy (non-hydrogen) atoms. The highest BCUT2D eigenvalue weighted by molar-refractivity contribution is 7.71. The van der Waals surface area contributed by atoms with Gasteiger partial charge in [-0.2, -0.15) is 0 Å². The first-order valence-electron chi connectivity index (χ1n) is 5.56. The van der Waals surface area contributed by atoms with Gasteiger partial charge in [0.25, 0.3) is 0 Å². The van der Waals surface area contributed by atoms with Gasteiger partial charge in [-0.1, -0.05) is 37.0 Å². The number of hydrogen-bond acceptors (Lipinski definition) is 1. The van der Waals surface area contributed by atoms with Gasteiger partial charge in [0.1, 0.15) is 0 Å². The normalized spacial score (nSPS) is 11.6. The van der Waals surface area contributed by atoms with E-state index in [2.05, 4.69) is 23.4 Å². The van der Waals surface area contributed by atoms with E-state index in [-0.39, 0.29) is 0 Å². The van der Waals surface area contributed by atoms with Gasteiger partial charge in [0.2, 0.25) is 0 Å². The molecule has 1 heterocycles. The largest absolute Gasteiger partial charge is 0.331 e. The zero-order valence-corrected chi connectivity index (χ0v) is 12.1. The van der Waals surface area contributed by atoms with Crippen LogP contribution in [-0.2, 0) is 6.54 Å². The number of halogens is 2. The van der Waals surface area contributed by atoms with Crippen LogP contribution in [0, 0.1) is 10.7 Å². The molecule has 1 N–H and O–H groups in total. The molecule has 2 nitrogen and oxygen atoms in total. The number of aromatic amines is 1. The zero-order valence-electron chi connectivity index (χ0n) is 9.76. The average molecular weight is 289 g/mol. The van der Waals surface area contributed by atoms with Crippen LogP contribution in [0.25, 0.3) is 11.0 Å². The molecule has 0 spiro atoms. The van der Waals surface area contributed by atoms with Crippen molar-refractivity contribution in [3.8, 4) is 0 Å². The summed E-state index contributed by atoms with van der Waals surface area (Å²) in [6.07, 6.45) is 1.08. The van der Waals surface area contributed by atoms with Crippen LogP contribution in [0.3, 0.4) is 0 Å². The summed E-state index contributed by atoms with van der Waals surface area (Å²) in [7, 11) is 0. The quantitative estimate of drug-likeness (QED) is 0.784. The van der Waals surface area contributed by atoms with Crippen LogP contribution in [0.4, 0.5) is 0 Å². The van der Waals surface area contributed by atoms with Crippen molar-refractivity contribution in [1.82, 2.24) is 9.55 Å². The van der Waals surface area contributed by atoms with Crippen molar-refractivity contribution in [3.05, 3.63) is 26.9 Å². The first kappa shape index (κ1) is 12.9. The molecule has 2 aromatic rings. The second kappa shape index (κ2) is 5.01. The second-order valence-electron chi connectivity index (χ2n) is 4.55. The Morgan fingerprint density at radius 1 is 1.29 bits per heavy atom. The lowest BCUT2D eigenvalue weighted by Crippen LogP contribution is -2.01. The van der Waals surface area contributed by atoms with Crippen LogP contribution in [0.2, 0.25) is 10.0 Å². The third-order valence-corrected chi connectivity index (χ3v) is 3.79. The fourth-order valence-corrected chi connectivity index (χ4v) is 2.38. The standard InChI is InChI=1S/C12H14Cl2N2S/c1-7(2)3-4-16-11-6-9(14)8(13)5-10(11)15-12(16)17/h5-7H,3-4H2,1-2H3,(H,15,17). The van der Waals surface area contributed by atoms with Crippen molar-refractivity contribution in [2.75, 3.05) is 0 Å². The molecule has 0 radical (unpaired) electrons. The van der Waals surface area contributed by atoms with Crippen LogP contribution in [0.1, 0.15) is 20.3 Å². The number of nitrogens with one attached hydrogen (secondary N) is 1. The van der Waals surface area contributed by atoms with Gasteiger partial charge in [-0.3, -0.25) is 0 Å². The summed E-state index contributed by atoms with van der Waals surface area (Å²) in [5, 5.41) is 1.11. The summed E-state index contributed by atoms with van der Waals surface area (Å²) in [5.74, 6) is 0.643. The predicted octanol–water partition coefficient (Wildman–Crippen LogP) is 5.05. The molecule has 0 aliphatic carbocycles. The highest BCUT2D eigenvalue weighted by Gasteiger charge is 2.08. The first-order chi connectivity index (χ1) is 7.99. The average Bonchev–Trinajstić information content (AvgIpc) is 2.52. The van der Waals surface area contributed by atoms with Gasteiger partial charge in [0, 0.05) is 6.54 Å². The number of aryl methyl sites for hydroxylation is 1. The molecule has 1 aromatic carbocycles. The van der Waals surface area contributed by atoms with Crippen LogP contribution in [0.5, 0.6) is 0 Å². The minimum Gasteiger partial charge on any atom is -0.331 e. The lowest BCUT2D eigenvalue weighted by atomic mass is 10.1. The van der Waals surface area contributed by atoms with Crippen LogP contribution in [0.15, 0.2) is 12.1 Å². The Balaban J connectivity index is 2.51. The highest BCUT2D eigenvalue weighted by atomic mass is 35.5. The van der Waals surface area contributed by atoms with Crippen molar-refractivity contribution in [1.29, 1.82) is 0 Å². The number of rotatable bonds is 3. The Bertz CT molecular complexity index is 598. The van der Waals surface area contributed by atoms with Crippen LogP contribution < -0.4 is 0 Å². The second-order valence-corrected chi connectivity index (χ2v) is 5.75. The number of benzene rings is 1. The fraction of sp³-hybridized carbons (Fsp3) is 0.417. The molecule has 0 aliphatic rings. The third-order valence-electron chi connectivity index (χ3n) is 2.75. The first-order valence-corrected chi connectivity index (χ1v) is 6.73. The number of aromatic nitrogens is 2. The summed E-state index contributed by atoms with van der Waals surface area (Å²) in [6.45, 7) is 5.29. The Hall–Kier alpha value is -0.510. The summed E-state index contributed by atoms with van der Waals surface area (Å²) in [4.78, 5) is 3.15. The van der Waals surface area contributed by atoms with E-state index in [0.717, 1.165) is 28.8 Å². The molecular formula is C12H14Cl2N2S. The molecule has 92 valence electrons. The molecule has 0 saturated heterocycles.